The second kappa shape index (κ2) is 8.81. The largest absolute Gasteiger partial charge is 0.459 e. The number of benzene rings is 2. The van der Waals surface area contributed by atoms with Crippen molar-refractivity contribution in [3.8, 4) is 11.1 Å². The fraction of sp³-hybridized carbons (Fsp3) is 0.259. The monoisotopic (exact) mass is 441 g/mol. The minimum absolute atomic E-state index is 0.392. The number of nitrogens with zero attached hydrogens (tertiary/aromatic N) is 2. The van der Waals surface area contributed by atoms with E-state index in [9.17, 15) is 4.79 Å². The molecule has 33 heavy (non-hydrogen) atoms. The third kappa shape index (κ3) is 4.15. The van der Waals surface area contributed by atoms with Gasteiger partial charge in [-0.15, -0.1) is 0 Å². The van der Waals surface area contributed by atoms with E-state index in [1.807, 2.05) is 60.8 Å². The van der Waals surface area contributed by atoms with E-state index >= 15 is 0 Å². The molecule has 1 aliphatic rings. The van der Waals surface area contributed by atoms with Gasteiger partial charge in [0.15, 0.2) is 5.60 Å². The number of carbonyl (C=O) groups is 1. The summed E-state index contributed by atoms with van der Waals surface area (Å²) in [5, 5.41) is 1.12. The molecule has 6 heteroatoms. The lowest BCUT2D eigenvalue weighted by molar-refractivity contribution is -0.157. The Morgan fingerprint density at radius 2 is 1.94 bits per heavy atom. The lowest BCUT2D eigenvalue weighted by Gasteiger charge is -2.40. The Bertz CT molecular complexity index is 1280. The number of fused-ring (bicyclic) bond motifs is 1. The zero-order chi connectivity index (χ0) is 22.8. The molecule has 1 atom stereocenters. The summed E-state index contributed by atoms with van der Waals surface area (Å²) in [5.41, 5.74) is 9.88. The van der Waals surface area contributed by atoms with Gasteiger partial charge in [0.2, 0.25) is 0 Å². The van der Waals surface area contributed by atoms with Gasteiger partial charge in [-0.2, -0.15) is 0 Å². The first kappa shape index (κ1) is 21.4. The molecule has 2 aromatic heterocycles. The quantitative estimate of drug-likeness (QED) is 0.487. The normalized spacial score (nSPS) is 19.1. The number of carbonyl (C=O) groups excluding carboxylic acids is 1. The first-order valence-corrected chi connectivity index (χ1v) is 11.2. The maximum atomic E-state index is 12.8. The number of furan rings is 1. The molecule has 0 saturated carbocycles. The Hall–Kier alpha value is -3.48. The number of primary amides is 1. The van der Waals surface area contributed by atoms with Gasteiger partial charge in [0.05, 0.1) is 13.2 Å². The van der Waals surface area contributed by atoms with Crippen LogP contribution in [0.3, 0.4) is 0 Å². The Morgan fingerprint density at radius 3 is 2.73 bits per heavy atom. The van der Waals surface area contributed by atoms with E-state index in [0.717, 1.165) is 39.0 Å². The van der Waals surface area contributed by atoms with Crippen molar-refractivity contribution in [3.05, 3.63) is 89.9 Å². The van der Waals surface area contributed by atoms with Gasteiger partial charge in [-0.1, -0.05) is 48.5 Å². The Morgan fingerprint density at radius 1 is 1.12 bits per heavy atom. The molecule has 2 N–H and O–H groups in total. The minimum Gasteiger partial charge on any atom is -0.459 e. The van der Waals surface area contributed by atoms with E-state index in [1.54, 1.807) is 6.20 Å². The predicted octanol–water partition coefficient (Wildman–Crippen LogP) is 4.10. The molecule has 0 aliphatic carbocycles. The van der Waals surface area contributed by atoms with Gasteiger partial charge in [-0.3, -0.25) is 14.7 Å². The first-order chi connectivity index (χ1) is 16.1. The SMILES string of the molecule is Cc1c(CN2CCOC(Cc3ccccc3-c3cccnc3)(C(N)=O)C2)oc2ccccc12. The average Bonchev–Trinajstić information content (AvgIpc) is 3.15. The number of amides is 1. The first-order valence-electron chi connectivity index (χ1n) is 11.2. The number of aryl methyl sites for hydroxylation is 1. The number of morpholine rings is 1. The van der Waals surface area contributed by atoms with E-state index in [2.05, 4.69) is 22.9 Å². The molecule has 2 aromatic carbocycles. The summed E-state index contributed by atoms with van der Waals surface area (Å²) in [7, 11) is 0. The highest BCUT2D eigenvalue weighted by molar-refractivity contribution is 5.85. The summed E-state index contributed by atoms with van der Waals surface area (Å²) < 4.78 is 12.2. The van der Waals surface area contributed by atoms with Crippen molar-refractivity contribution in [2.75, 3.05) is 19.7 Å². The van der Waals surface area contributed by atoms with Gasteiger partial charge in [0.25, 0.3) is 5.91 Å². The topological polar surface area (TPSA) is 81.6 Å². The molecule has 0 radical (unpaired) electrons. The van der Waals surface area contributed by atoms with Gasteiger partial charge in [-0.05, 0) is 35.7 Å². The van der Waals surface area contributed by atoms with Crippen LogP contribution in [-0.4, -0.2) is 41.1 Å². The minimum atomic E-state index is -1.11. The summed E-state index contributed by atoms with van der Waals surface area (Å²) in [6.07, 6.45) is 3.97. The predicted molar refractivity (Wildman–Crippen MR) is 127 cm³/mol. The number of pyridine rings is 1. The Labute approximate surface area is 193 Å². The van der Waals surface area contributed by atoms with Crippen molar-refractivity contribution in [2.24, 2.45) is 5.73 Å². The van der Waals surface area contributed by atoms with Crippen LogP contribution in [0.25, 0.3) is 22.1 Å². The van der Waals surface area contributed by atoms with E-state index in [1.165, 1.54) is 0 Å². The third-order valence-electron chi connectivity index (χ3n) is 6.49. The van der Waals surface area contributed by atoms with E-state index < -0.39 is 11.5 Å². The van der Waals surface area contributed by atoms with E-state index in [-0.39, 0.29) is 0 Å². The summed E-state index contributed by atoms with van der Waals surface area (Å²) in [6, 6.07) is 20.0. The maximum absolute atomic E-state index is 12.8. The van der Waals surface area contributed by atoms with Gasteiger partial charge >= 0.3 is 0 Å². The molecule has 168 valence electrons. The van der Waals surface area contributed by atoms with Crippen molar-refractivity contribution in [2.45, 2.75) is 25.5 Å². The van der Waals surface area contributed by atoms with Gasteiger partial charge in [0, 0.05) is 42.9 Å². The molecule has 6 nitrogen and oxygen atoms in total. The van der Waals surface area contributed by atoms with Crippen LogP contribution >= 0.6 is 0 Å². The van der Waals surface area contributed by atoms with Gasteiger partial charge in [-0.25, -0.2) is 0 Å². The van der Waals surface area contributed by atoms with Crippen LogP contribution in [-0.2, 0) is 22.5 Å². The van der Waals surface area contributed by atoms with Gasteiger partial charge in [0.1, 0.15) is 11.3 Å². The molecule has 1 saturated heterocycles. The summed E-state index contributed by atoms with van der Waals surface area (Å²) in [6.45, 7) is 4.21. The molecule has 0 spiro atoms. The van der Waals surface area contributed by atoms with Crippen molar-refractivity contribution in [1.29, 1.82) is 0 Å². The van der Waals surface area contributed by atoms with Crippen LogP contribution in [0.1, 0.15) is 16.9 Å². The molecule has 1 unspecified atom stereocenters. The lowest BCUT2D eigenvalue weighted by atomic mass is 9.87. The van der Waals surface area contributed by atoms with E-state index in [0.29, 0.717) is 32.7 Å². The molecule has 0 bridgehead atoms. The average molecular weight is 442 g/mol. The number of hydrogen-bond acceptors (Lipinski definition) is 5. The zero-order valence-electron chi connectivity index (χ0n) is 18.7. The Kier molecular flexibility index (Phi) is 5.70. The molecule has 4 aromatic rings. The van der Waals surface area contributed by atoms with Crippen LogP contribution in [0, 0.1) is 6.92 Å². The standard InChI is InChI=1S/C27H27N3O3/c1-19-22-9-4-5-11-24(22)33-25(19)17-30-13-14-32-27(18-30,26(28)31)15-20-7-2-3-10-23(20)21-8-6-12-29-16-21/h2-12,16H,13-15,17-18H2,1H3,(H2,28,31). The molecule has 5 rings (SSSR count). The van der Waals surface area contributed by atoms with Crippen molar-refractivity contribution >= 4 is 16.9 Å². The van der Waals surface area contributed by atoms with Crippen LogP contribution < -0.4 is 5.73 Å². The molecular weight excluding hydrogens is 414 g/mol. The number of para-hydroxylation sites is 1. The fourth-order valence-corrected chi connectivity index (χ4v) is 4.70. The Balaban J connectivity index is 1.43. The highest BCUT2D eigenvalue weighted by Crippen LogP contribution is 2.31. The van der Waals surface area contributed by atoms with Crippen LogP contribution in [0.15, 0.2) is 77.5 Å². The number of rotatable bonds is 6. The highest BCUT2D eigenvalue weighted by Gasteiger charge is 2.43. The number of nitrogens with two attached hydrogens (primary N) is 1. The summed E-state index contributed by atoms with van der Waals surface area (Å²) >= 11 is 0. The summed E-state index contributed by atoms with van der Waals surface area (Å²) in [5.74, 6) is 0.460. The number of hydrogen-bond donors (Lipinski definition) is 1. The van der Waals surface area contributed by atoms with Crippen LogP contribution in [0.4, 0.5) is 0 Å². The zero-order valence-corrected chi connectivity index (χ0v) is 18.7. The van der Waals surface area contributed by atoms with Crippen molar-refractivity contribution < 1.29 is 13.9 Å². The number of ether oxygens (including phenoxy) is 1. The second-order valence-electron chi connectivity index (χ2n) is 8.64. The maximum Gasteiger partial charge on any atom is 0.251 e. The molecular formula is C27H27N3O3. The summed E-state index contributed by atoms with van der Waals surface area (Å²) in [4.78, 5) is 19.2. The molecule has 1 aliphatic heterocycles. The van der Waals surface area contributed by atoms with Crippen molar-refractivity contribution in [1.82, 2.24) is 9.88 Å². The second-order valence-corrected chi connectivity index (χ2v) is 8.64. The third-order valence-corrected chi connectivity index (χ3v) is 6.49. The van der Waals surface area contributed by atoms with E-state index in [4.69, 9.17) is 14.9 Å². The molecule has 1 fully saturated rings. The lowest BCUT2D eigenvalue weighted by Crippen LogP contribution is -2.59. The van der Waals surface area contributed by atoms with Crippen LogP contribution in [0.5, 0.6) is 0 Å². The van der Waals surface area contributed by atoms with Crippen LogP contribution in [0.2, 0.25) is 0 Å². The smallest absolute Gasteiger partial charge is 0.251 e. The fourth-order valence-electron chi connectivity index (χ4n) is 4.70. The van der Waals surface area contributed by atoms with Crippen molar-refractivity contribution in [3.63, 3.8) is 0 Å². The van der Waals surface area contributed by atoms with Gasteiger partial charge < -0.3 is 14.9 Å². The number of aromatic nitrogens is 1. The highest BCUT2D eigenvalue weighted by atomic mass is 16.5. The molecule has 1 amide bonds. The molecule has 3 heterocycles.